The predicted molar refractivity (Wildman–Crippen MR) is 288 cm³/mol. The molecule has 64 heavy (non-hydrogen) atoms. The number of carbonyl (C=O) groups excluding carboxylic acids is 1. The molecule has 4 rings (SSSR count). The zero-order chi connectivity index (χ0) is 50.2. The summed E-state index contributed by atoms with van der Waals surface area (Å²) in [5.41, 5.74) is 1.08. The van der Waals surface area contributed by atoms with Crippen molar-refractivity contribution in [2.24, 2.45) is 17.8 Å². The van der Waals surface area contributed by atoms with Crippen molar-refractivity contribution in [3.63, 3.8) is 0 Å². The summed E-state index contributed by atoms with van der Waals surface area (Å²) < 4.78 is 37.5. The van der Waals surface area contributed by atoms with Crippen LogP contribution in [0.2, 0.25) is 5.02 Å². The summed E-state index contributed by atoms with van der Waals surface area (Å²) in [5, 5.41) is 13.1. The fourth-order valence-electron chi connectivity index (χ4n) is 6.94. The minimum absolute atomic E-state index is 0.0789. The first kappa shape index (κ1) is 71.0. The van der Waals surface area contributed by atoms with Crippen molar-refractivity contribution in [1.82, 2.24) is 5.32 Å². The first-order chi connectivity index (χ1) is 30.7. The highest BCUT2D eigenvalue weighted by Gasteiger charge is 2.34. The van der Waals surface area contributed by atoms with E-state index < -0.39 is 11.7 Å². The molecule has 2 fully saturated rings. The fraction of sp³-hybridized carbons (Fsp3) is 0.764. The molecule has 2 aliphatic carbocycles. The van der Waals surface area contributed by atoms with Crippen LogP contribution in [-0.2, 0) is 17.5 Å². The lowest BCUT2D eigenvalue weighted by Gasteiger charge is -2.32. The Morgan fingerprint density at radius 2 is 1.28 bits per heavy atom. The first-order valence-electron chi connectivity index (χ1n) is 25.6. The maximum Gasteiger partial charge on any atom is 0.418 e. The normalized spacial score (nSPS) is 14.7. The van der Waals surface area contributed by atoms with Crippen molar-refractivity contribution < 1.29 is 18.0 Å². The minimum Gasteiger partial charge on any atom is -0.386 e. The van der Waals surface area contributed by atoms with E-state index in [1.54, 1.807) is 6.92 Å². The summed E-state index contributed by atoms with van der Waals surface area (Å²) in [7, 11) is 3.41. The molecule has 1 aromatic carbocycles. The number of benzene rings is 1. The quantitative estimate of drug-likeness (QED) is 0.0792. The average molecular weight is 949 g/mol. The fourth-order valence-corrected chi connectivity index (χ4v) is 8.21. The molecule has 4 nitrogen and oxygen atoms in total. The summed E-state index contributed by atoms with van der Waals surface area (Å²) in [6.07, 6.45) is 25.8. The maximum absolute atomic E-state index is 12.5. The molecule has 0 bridgehead atoms. The van der Waals surface area contributed by atoms with Gasteiger partial charge in [-0.25, -0.2) is 0 Å². The van der Waals surface area contributed by atoms with E-state index in [-0.39, 0.29) is 10.7 Å². The Balaban J connectivity index is -0.000000229. The molecule has 0 aliphatic heterocycles. The number of hydrogen-bond acceptors (Lipinski definition) is 5. The highest BCUT2D eigenvalue weighted by Crippen LogP contribution is 2.39. The molecule has 0 spiro atoms. The molecule has 1 heterocycles. The highest BCUT2D eigenvalue weighted by atomic mass is 35.5. The van der Waals surface area contributed by atoms with E-state index in [1.807, 2.05) is 32.2 Å². The second kappa shape index (κ2) is 51.9. The van der Waals surface area contributed by atoms with Crippen LogP contribution in [0.25, 0.3) is 0 Å². The molecule has 2 aromatic rings. The smallest absolute Gasteiger partial charge is 0.386 e. The van der Waals surface area contributed by atoms with E-state index >= 15 is 0 Å². The Hall–Kier alpha value is -2.03. The van der Waals surface area contributed by atoms with Gasteiger partial charge in [0.1, 0.15) is 6.29 Å². The third kappa shape index (κ3) is 42.6. The zero-order valence-electron chi connectivity index (χ0n) is 44.5. The summed E-state index contributed by atoms with van der Waals surface area (Å²) in [5.74, 6) is 3.14. The SMILES string of the molecule is C1CC1.C=C.CC.CC=O.CCC.CCCC(CCC)C1CCC(C)CC1.CCCCC.CCCCCC(CCC)Nc1sccc1CNC.CNc1c(Cl)cc(C)cc1C(F)(F)F. The number of halogens is 4. The lowest BCUT2D eigenvalue weighted by Crippen LogP contribution is -2.20. The molecule has 0 radical (unpaired) electrons. The van der Waals surface area contributed by atoms with Crippen LogP contribution in [0.3, 0.4) is 0 Å². The van der Waals surface area contributed by atoms with Crippen LogP contribution in [0.4, 0.5) is 23.9 Å². The van der Waals surface area contributed by atoms with E-state index in [2.05, 4.69) is 103 Å². The summed E-state index contributed by atoms with van der Waals surface area (Å²) in [6, 6.07) is 5.43. The van der Waals surface area contributed by atoms with Gasteiger partial charge in [0.25, 0.3) is 0 Å². The third-order valence-electron chi connectivity index (χ3n) is 10.1. The number of thiophene rings is 1. The van der Waals surface area contributed by atoms with Crippen LogP contribution in [0.5, 0.6) is 0 Å². The van der Waals surface area contributed by atoms with Crippen molar-refractivity contribution in [2.75, 3.05) is 24.7 Å². The number of rotatable bonds is 18. The molecule has 380 valence electrons. The number of hydrogen-bond donors (Lipinski definition) is 3. The lowest BCUT2D eigenvalue weighted by atomic mass is 9.73. The highest BCUT2D eigenvalue weighted by molar-refractivity contribution is 7.14. The molecular formula is C55H105ClF3N3OS. The number of aldehydes is 1. The Labute approximate surface area is 406 Å². The van der Waals surface area contributed by atoms with E-state index in [0.29, 0.717) is 11.6 Å². The van der Waals surface area contributed by atoms with Gasteiger partial charge in [-0.1, -0.05) is 197 Å². The first-order valence-corrected chi connectivity index (χ1v) is 26.9. The second-order valence-electron chi connectivity index (χ2n) is 16.6. The topological polar surface area (TPSA) is 53.2 Å². The van der Waals surface area contributed by atoms with Crippen LogP contribution < -0.4 is 16.0 Å². The number of alkyl halides is 3. The van der Waals surface area contributed by atoms with Gasteiger partial charge in [-0.2, -0.15) is 13.2 Å². The van der Waals surface area contributed by atoms with Crippen molar-refractivity contribution in [3.05, 3.63) is 58.5 Å². The summed E-state index contributed by atoms with van der Waals surface area (Å²) in [6.45, 7) is 34.3. The molecule has 1 unspecified atom stereocenters. The number of aryl methyl sites for hydroxylation is 1. The molecule has 0 amide bonds. The minimum atomic E-state index is -4.38. The van der Waals surface area contributed by atoms with Gasteiger partial charge >= 0.3 is 6.18 Å². The van der Waals surface area contributed by atoms with Gasteiger partial charge in [0.15, 0.2) is 0 Å². The van der Waals surface area contributed by atoms with Gasteiger partial charge in [0.2, 0.25) is 0 Å². The number of nitrogens with one attached hydrogen (secondary N) is 3. The standard InChI is InChI=1S/C15H28N2S.C14H28.C9H9ClF3N.C5H12.C3H6.C3H8.C2H4O.C2H6.C2H4/c1-4-6-7-9-14(8-5-2)17-15-13(12-16-3)10-11-18-15;1-4-6-13(7-5-2)14-10-8-12(3)9-11-14;1-5-3-6(9(11,12)13)8(14-2)7(10)4-5;1-3-5-4-2;1-2-3-1;1-3-2;1-2-3;2*1-2/h10-11,14,16-17H,4-9,12H2,1-3H3;12-14H,4-11H2,1-3H3;3-4,14H,1-2H3;3-5H2,1-2H3;1-3H2;3H2,1-2H3;2H,1H3;1-2H3;1-2H2. The van der Waals surface area contributed by atoms with E-state index in [4.69, 9.17) is 16.4 Å². The molecular weight excluding hydrogens is 843 g/mol. The molecule has 1 atom stereocenters. The van der Waals surface area contributed by atoms with Gasteiger partial charge in [-0.15, -0.1) is 24.5 Å². The van der Waals surface area contributed by atoms with Crippen LogP contribution in [-0.4, -0.2) is 26.4 Å². The number of unbranched alkanes of at least 4 members (excludes halogenated alkanes) is 4. The Kier molecular flexibility index (Phi) is 57.6. The van der Waals surface area contributed by atoms with Crippen LogP contribution in [0.15, 0.2) is 36.7 Å². The molecule has 9 heteroatoms. The van der Waals surface area contributed by atoms with Crippen molar-refractivity contribution >= 4 is 39.9 Å². The molecule has 2 aliphatic rings. The molecule has 1 aromatic heterocycles. The predicted octanol–water partition coefficient (Wildman–Crippen LogP) is 20.2. The van der Waals surface area contributed by atoms with Gasteiger partial charge < -0.3 is 20.7 Å². The van der Waals surface area contributed by atoms with Crippen LogP contribution in [0, 0.1) is 24.7 Å². The molecule has 0 saturated heterocycles. The van der Waals surface area contributed by atoms with E-state index in [9.17, 15) is 13.2 Å². The Morgan fingerprint density at radius 1 is 0.797 bits per heavy atom. The van der Waals surface area contributed by atoms with Gasteiger partial charge in [0, 0.05) is 25.2 Å². The molecule has 3 N–H and O–H groups in total. The summed E-state index contributed by atoms with van der Waals surface area (Å²) >= 11 is 7.51. The van der Waals surface area contributed by atoms with Crippen molar-refractivity contribution in [2.45, 2.75) is 244 Å². The van der Waals surface area contributed by atoms with Gasteiger partial charge in [-0.3, -0.25) is 0 Å². The van der Waals surface area contributed by atoms with Crippen molar-refractivity contribution in [3.8, 4) is 0 Å². The van der Waals surface area contributed by atoms with Gasteiger partial charge in [-0.05, 0) is 93.5 Å². The zero-order valence-corrected chi connectivity index (χ0v) is 46.1. The second-order valence-corrected chi connectivity index (χ2v) is 17.9. The monoisotopic (exact) mass is 948 g/mol. The van der Waals surface area contributed by atoms with Crippen LogP contribution in [0.1, 0.15) is 235 Å². The van der Waals surface area contributed by atoms with Gasteiger partial charge in [0.05, 0.1) is 21.3 Å². The maximum atomic E-state index is 12.5. The Bertz CT molecular complexity index is 1220. The van der Waals surface area contributed by atoms with E-state index in [0.717, 1.165) is 36.7 Å². The largest absolute Gasteiger partial charge is 0.418 e. The van der Waals surface area contributed by atoms with Crippen molar-refractivity contribution in [1.29, 1.82) is 0 Å². The average Bonchev–Trinajstić information content (AvgIpc) is 4.10. The van der Waals surface area contributed by atoms with E-state index in [1.165, 1.54) is 165 Å². The molecule has 2 saturated carbocycles. The lowest BCUT2D eigenvalue weighted by molar-refractivity contribution is -0.137. The number of anilines is 2. The summed E-state index contributed by atoms with van der Waals surface area (Å²) in [4.78, 5) is 8.81. The number of carbonyl (C=O) groups is 1. The third-order valence-corrected chi connectivity index (χ3v) is 11.3. The Morgan fingerprint density at radius 3 is 1.66 bits per heavy atom. The van der Waals surface area contributed by atoms with Crippen LogP contribution >= 0.6 is 22.9 Å².